The van der Waals surface area contributed by atoms with Gasteiger partial charge in [-0.05, 0) is 32.6 Å². The van der Waals surface area contributed by atoms with Gasteiger partial charge in [0.2, 0.25) is 6.29 Å². The first-order chi connectivity index (χ1) is 11.6. The van der Waals surface area contributed by atoms with Crippen LogP contribution in [-0.2, 0) is 23.9 Å². The third-order valence-corrected chi connectivity index (χ3v) is 1.42. The van der Waals surface area contributed by atoms with Gasteiger partial charge in [0.1, 0.15) is 5.84 Å². The van der Waals surface area contributed by atoms with E-state index in [1.54, 1.807) is 0 Å². The minimum atomic E-state index is -1.08. The van der Waals surface area contributed by atoms with Gasteiger partial charge in [-0.25, -0.2) is 0 Å². The average molecular weight is 406 g/mol. The Hall–Kier alpha value is -1.67. The zero-order chi connectivity index (χ0) is 21.9. The van der Waals surface area contributed by atoms with Gasteiger partial charge in [0.05, 0.1) is 13.2 Å². The van der Waals surface area contributed by atoms with E-state index < -0.39 is 24.2 Å². The number of rotatable bonds is 7. The summed E-state index contributed by atoms with van der Waals surface area (Å²) in [5.41, 5.74) is 5.34. The summed E-state index contributed by atoms with van der Waals surface area (Å²) in [4.78, 5) is 26.7. The van der Waals surface area contributed by atoms with Crippen LogP contribution in [0.5, 0.6) is 0 Å². The van der Waals surface area contributed by atoms with Crippen molar-refractivity contribution in [2.45, 2.75) is 54.8 Å². The Bertz CT molecular complexity index is 351. The number of carbonyl (C=O) groups excluding carboxylic acids is 3. The van der Waals surface area contributed by atoms with Crippen LogP contribution in [0, 0.1) is 17.2 Å². The van der Waals surface area contributed by atoms with Crippen molar-refractivity contribution in [3.05, 3.63) is 0 Å². The molecule has 0 aliphatic rings. The van der Waals surface area contributed by atoms with Gasteiger partial charge in [0.15, 0.2) is 0 Å². The molecular weight excluding hydrogens is 375 g/mol. The van der Waals surface area contributed by atoms with Crippen LogP contribution in [-0.4, -0.2) is 60.6 Å². The summed E-state index contributed by atoms with van der Waals surface area (Å²) in [5, 5.41) is 33.9. The second-order valence-corrected chi connectivity index (χ2v) is 5.72. The molecule has 0 saturated carbocycles. The van der Waals surface area contributed by atoms with Crippen molar-refractivity contribution < 1.29 is 39.2 Å². The van der Waals surface area contributed by atoms with Gasteiger partial charge in [-0.2, -0.15) is 0 Å². The number of aliphatic carboxylic acids is 3. The van der Waals surface area contributed by atoms with Crippen LogP contribution in [0.3, 0.4) is 0 Å². The van der Waals surface area contributed by atoms with E-state index in [0.29, 0.717) is 25.0 Å². The quantitative estimate of drug-likeness (QED) is 0.199. The summed E-state index contributed by atoms with van der Waals surface area (Å²) in [6, 6.07) is 0. The molecule has 10 nitrogen and oxygen atoms in total. The summed E-state index contributed by atoms with van der Waals surface area (Å²) in [5.74, 6) is -2.48. The summed E-state index contributed by atoms with van der Waals surface area (Å²) >= 11 is 0. The largest absolute Gasteiger partial charge is 3.00 e. The van der Waals surface area contributed by atoms with Gasteiger partial charge in [-0.3, -0.25) is 5.41 Å². The zero-order valence-corrected chi connectivity index (χ0v) is 18.2. The van der Waals surface area contributed by atoms with Crippen LogP contribution < -0.4 is 21.1 Å². The van der Waals surface area contributed by atoms with Crippen molar-refractivity contribution in [2.24, 2.45) is 17.6 Å². The molecule has 0 aromatic rings. The van der Waals surface area contributed by atoms with Crippen LogP contribution in [0.4, 0.5) is 0 Å². The van der Waals surface area contributed by atoms with Crippen molar-refractivity contribution in [3.63, 3.8) is 0 Å². The fraction of sp³-hybridized carbons (Fsp3) is 0.750. The standard InChI is InChI=1S/C10H22N2O2.3C2H4O2.Al/c1-7(2)5-13-10(9(11)12)14-6-8(3)4;3*1-2(3)4;/h7-8,10H,5-6H2,1-4H3,(H3,11,12);3*1H3,(H,3,4);/q;;;;+3/p-3. The van der Waals surface area contributed by atoms with Crippen LogP contribution >= 0.6 is 0 Å². The Kier molecular flexibility index (Phi) is 32.7. The number of amidine groups is 1. The van der Waals surface area contributed by atoms with Crippen molar-refractivity contribution >= 4 is 41.1 Å². The van der Waals surface area contributed by atoms with Gasteiger partial charge < -0.3 is 44.9 Å². The van der Waals surface area contributed by atoms with E-state index in [9.17, 15) is 0 Å². The minimum Gasteiger partial charge on any atom is -0.550 e. The first-order valence-electron chi connectivity index (χ1n) is 7.73. The molecule has 11 heteroatoms. The molecule has 0 aromatic heterocycles. The molecule has 156 valence electrons. The number of carbonyl (C=O) groups is 3. The van der Waals surface area contributed by atoms with Gasteiger partial charge >= 0.3 is 17.4 Å². The molecule has 27 heavy (non-hydrogen) atoms. The Balaban J connectivity index is -0.000000102. The number of ether oxygens (including phenoxy) is 2. The number of hydrogen-bond acceptors (Lipinski definition) is 9. The predicted octanol–water partition coefficient (Wildman–Crippen LogP) is -2.52. The van der Waals surface area contributed by atoms with Crippen LogP contribution in [0.1, 0.15) is 48.5 Å². The number of carboxylic acids is 3. The van der Waals surface area contributed by atoms with Crippen molar-refractivity contribution in [3.8, 4) is 0 Å². The molecule has 0 bridgehead atoms. The molecule has 0 amide bonds. The zero-order valence-electron chi connectivity index (χ0n) is 17.1. The first-order valence-corrected chi connectivity index (χ1v) is 7.73. The monoisotopic (exact) mass is 406 g/mol. The summed E-state index contributed by atoms with van der Waals surface area (Å²) < 4.78 is 10.7. The summed E-state index contributed by atoms with van der Waals surface area (Å²) in [6.45, 7) is 12.2. The maximum Gasteiger partial charge on any atom is 3.00 e. The maximum atomic E-state index is 8.89. The summed E-state index contributed by atoms with van der Waals surface area (Å²) in [7, 11) is 0. The number of nitrogens with one attached hydrogen (secondary N) is 1. The first kappa shape index (κ1) is 36.3. The van der Waals surface area contributed by atoms with Crippen LogP contribution in [0.2, 0.25) is 0 Å². The Morgan fingerprint density at radius 1 is 0.815 bits per heavy atom. The maximum absolute atomic E-state index is 8.89. The third kappa shape index (κ3) is 79.8. The fourth-order valence-corrected chi connectivity index (χ4v) is 0.787. The van der Waals surface area contributed by atoms with E-state index in [0.717, 1.165) is 20.8 Å². The van der Waals surface area contributed by atoms with Crippen molar-refractivity contribution in [1.29, 1.82) is 5.41 Å². The van der Waals surface area contributed by atoms with Crippen LogP contribution in [0.15, 0.2) is 0 Å². The average Bonchev–Trinajstić information content (AvgIpc) is 2.35. The van der Waals surface area contributed by atoms with Gasteiger partial charge in [-0.15, -0.1) is 0 Å². The number of hydrogen-bond donors (Lipinski definition) is 2. The van der Waals surface area contributed by atoms with E-state index in [1.807, 2.05) is 27.7 Å². The second-order valence-electron chi connectivity index (χ2n) is 5.72. The fourth-order valence-electron chi connectivity index (χ4n) is 0.787. The van der Waals surface area contributed by atoms with E-state index >= 15 is 0 Å². The molecule has 0 saturated heterocycles. The van der Waals surface area contributed by atoms with E-state index in [-0.39, 0.29) is 23.2 Å². The Labute approximate surface area is 171 Å². The number of carboxylic acid groups (broad SMARTS) is 3. The molecule has 0 heterocycles. The van der Waals surface area contributed by atoms with Gasteiger partial charge in [0, 0.05) is 17.9 Å². The molecule has 0 spiro atoms. The third-order valence-electron chi connectivity index (χ3n) is 1.42. The van der Waals surface area contributed by atoms with E-state index in [4.69, 9.17) is 50.3 Å². The minimum absolute atomic E-state index is 0. The smallest absolute Gasteiger partial charge is 0.550 e. The second kappa shape index (κ2) is 24.3. The molecule has 0 aliphatic carbocycles. The molecule has 0 radical (unpaired) electrons. The molecular formula is C16H31AlN2O8. The van der Waals surface area contributed by atoms with E-state index in [1.165, 1.54) is 0 Å². The van der Waals surface area contributed by atoms with Crippen LogP contribution in [0.25, 0.3) is 0 Å². The molecule has 0 rings (SSSR count). The Morgan fingerprint density at radius 3 is 1.11 bits per heavy atom. The SMILES string of the molecule is CC(=O)[O-].CC(=O)[O-].CC(=O)[O-].CC(C)COC(OCC(C)C)C(=N)N.[Al+3]. The number of nitrogens with two attached hydrogens (primary N) is 1. The molecule has 3 N–H and O–H groups in total. The molecule has 0 unspecified atom stereocenters. The molecule has 0 atom stereocenters. The van der Waals surface area contributed by atoms with Gasteiger partial charge in [0.25, 0.3) is 0 Å². The normalized spacial score (nSPS) is 8.81. The van der Waals surface area contributed by atoms with E-state index in [2.05, 4.69) is 0 Å². The topological polar surface area (TPSA) is 189 Å². The summed E-state index contributed by atoms with van der Waals surface area (Å²) in [6.07, 6.45) is -0.681. The molecule has 0 aromatic carbocycles. The molecule has 0 fully saturated rings. The Morgan fingerprint density at radius 2 is 1.00 bits per heavy atom. The van der Waals surface area contributed by atoms with Crippen molar-refractivity contribution in [1.82, 2.24) is 0 Å². The van der Waals surface area contributed by atoms with Gasteiger partial charge in [-0.1, -0.05) is 27.7 Å². The van der Waals surface area contributed by atoms with Crippen molar-refractivity contribution in [2.75, 3.05) is 13.2 Å². The molecule has 0 aliphatic heterocycles. The predicted molar refractivity (Wildman–Crippen MR) is 95.1 cm³/mol.